The third-order valence-electron chi connectivity index (χ3n) is 3.55. The number of hydrogen-bond donors (Lipinski definition) is 1. The Morgan fingerprint density at radius 2 is 2.12 bits per heavy atom. The summed E-state index contributed by atoms with van der Waals surface area (Å²) in [6, 6.07) is 0.738. The molecule has 2 atom stereocenters. The topological polar surface area (TPSA) is 21.3 Å². The van der Waals surface area contributed by atoms with Crippen molar-refractivity contribution >= 4 is 0 Å². The third-order valence-corrected chi connectivity index (χ3v) is 3.55. The molecule has 0 aliphatic heterocycles. The van der Waals surface area contributed by atoms with Crippen molar-refractivity contribution in [1.29, 1.82) is 0 Å². The van der Waals surface area contributed by atoms with E-state index in [0.717, 1.165) is 38.1 Å². The van der Waals surface area contributed by atoms with Crippen molar-refractivity contribution in [2.24, 2.45) is 5.92 Å². The van der Waals surface area contributed by atoms with E-state index in [4.69, 9.17) is 4.74 Å². The fourth-order valence-corrected chi connectivity index (χ4v) is 2.55. The maximum absolute atomic E-state index is 5.50. The second-order valence-corrected chi connectivity index (χ2v) is 4.70. The lowest BCUT2D eigenvalue weighted by atomic mass is 9.83. The molecule has 1 fully saturated rings. The zero-order valence-electron chi connectivity index (χ0n) is 10.7. The molecule has 0 aromatic carbocycles. The van der Waals surface area contributed by atoms with Crippen LogP contribution in [-0.4, -0.2) is 25.8 Å². The molecule has 1 saturated carbocycles. The predicted molar refractivity (Wildman–Crippen MR) is 69.7 cm³/mol. The SMILES string of the molecule is C=CCCOCCNC1CCCCC1CC. The number of hydrogen-bond acceptors (Lipinski definition) is 2. The van der Waals surface area contributed by atoms with Crippen LogP contribution in [-0.2, 0) is 4.74 Å². The van der Waals surface area contributed by atoms with E-state index in [1.807, 2.05) is 6.08 Å². The summed E-state index contributed by atoms with van der Waals surface area (Å²) >= 11 is 0. The molecule has 1 rings (SSSR count). The summed E-state index contributed by atoms with van der Waals surface area (Å²) in [5.41, 5.74) is 0. The molecule has 0 heterocycles. The van der Waals surface area contributed by atoms with Crippen molar-refractivity contribution in [1.82, 2.24) is 5.32 Å². The maximum Gasteiger partial charge on any atom is 0.0591 e. The molecular formula is C14H27NO. The zero-order valence-corrected chi connectivity index (χ0v) is 10.7. The van der Waals surface area contributed by atoms with Crippen LogP contribution < -0.4 is 5.32 Å². The van der Waals surface area contributed by atoms with E-state index in [0.29, 0.717) is 0 Å². The molecule has 2 heteroatoms. The number of rotatable bonds is 8. The standard InChI is InChI=1S/C14H27NO/c1-3-5-11-16-12-10-15-14-9-7-6-8-13(14)4-2/h3,13-15H,1,4-12H2,2H3. The molecule has 2 unspecified atom stereocenters. The molecule has 16 heavy (non-hydrogen) atoms. The van der Waals surface area contributed by atoms with Gasteiger partial charge in [0.1, 0.15) is 0 Å². The van der Waals surface area contributed by atoms with Crippen LogP contribution in [0.25, 0.3) is 0 Å². The molecule has 0 amide bonds. The van der Waals surface area contributed by atoms with Crippen LogP contribution in [0.5, 0.6) is 0 Å². The highest BCUT2D eigenvalue weighted by Crippen LogP contribution is 2.26. The van der Waals surface area contributed by atoms with E-state index in [2.05, 4.69) is 18.8 Å². The largest absolute Gasteiger partial charge is 0.380 e. The highest BCUT2D eigenvalue weighted by molar-refractivity contribution is 4.79. The van der Waals surface area contributed by atoms with Crippen LogP contribution in [0, 0.1) is 5.92 Å². The van der Waals surface area contributed by atoms with Gasteiger partial charge in [-0.25, -0.2) is 0 Å². The van der Waals surface area contributed by atoms with Gasteiger partial charge in [-0.2, -0.15) is 0 Å². The lowest BCUT2D eigenvalue weighted by Gasteiger charge is -2.31. The lowest BCUT2D eigenvalue weighted by molar-refractivity contribution is 0.132. The fraction of sp³-hybridized carbons (Fsp3) is 0.857. The van der Waals surface area contributed by atoms with Gasteiger partial charge in [0, 0.05) is 12.6 Å². The summed E-state index contributed by atoms with van der Waals surface area (Å²) in [5, 5.41) is 3.65. The Hall–Kier alpha value is -0.340. The van der Waals surface area contributed by atoms with E-state index >= 15 is 0 Å². The Morgan fingerprint density at radius 3 is 2.88 bits per heavy atom. The molecule has 1 aliphatic rings. The van der Waals surface area contributed by atoms with Crippen molar-refractivity contribution in [2.45, 2.75) is 51.5 Å². The quantitative estimate of drug-likeness (QED) is 0.506. The van der Waals surface area contributed by atoms with Crippen LogP contribution in [0.1, 0.15) is 45.4 Å². The maximum atomic E-state index is 5.50. The first kappa shape index (κ1) is 13.7. The zero-order chi connectivity index (χ0) is 11.6. The Labute approximate surface area is 100 Å². The average molecular weight is 225 g/mol. The van der Waals surface area contributed by atoms with Crippen molar-refractivity contribution in [2.75, 3.05) is 19.8 Å². The molecule has 0 radical (unpaired) electrons. The van der Waals surface area contributed by atoms with Crippen LogP contribution >= 0.6 is 0 Å². The normalized spacial score (nSPS) is 25.6. The van der Waals surface area contributed by atoms with Gasteiger partial charge < -0.3 is 10.1 Å². The summed E-state index contributed by atoms with van der Waals surface area (Å²) in [4.78, 5) is 0. The van der Waals surface area contributed by atoms with Crippen molar-refractivity contribution in [3.8, 4) is 0 Å². The first-order chi connectivity index (χ1) is 7.88. The van der Waals surface area contributed by atoms with Gasteiger partial charge in [-0.05, 0) is 25.2 Å². The highest BCUT2D eigenvalue weighted by atomic mass is 16.5. The Kier molecular flexibility index (Phi) is 7.52. The van der Waals surface area contributed by atoms with E-state index < -0.39 is 0 Å². The smallest absolute Gasteiger partial charge is 0.0591 e. The number of nitrogens with one attached hydrogen (secondary N) is 1. The lowest BCUT2D eigenvalue weighted by Crippen LogP contribution is -2.39. The first-order valence-electron chi connectivity index (χ1n) is 6.80. The van der Waals surface area contributed by atoms with Gasteiger partial charge in [-0.1, -0.05) is 32.3 Å². The predicted octanol–water partition coefficient (Wildman–Crippen LogP) is 3.14. The van der Waals surface area contributed by atoms with Crippen LogP contribution in [0.2, 0.25) is 0 Å². The van der Waals surface area contributed by atoms with Crippen molar-refractivity contribution in [3.05, 3.63) is 12.7 Å². The Morgan fingerprint density at radius 1 is 1.31 bits per heavy atom. The van der Waals surface area contributed by atoms with Crippen LogP contribution in [0.3, 0.4) is 0 Å². The summed E-state index contributed by atoms with van der Waals surface area (Å²) in [6.07, 6.45) is 9.76. The molecule has 0 aromatic heterocycles. The average Bonchev–Trinajstić information content (AvgIpc) is 2.34. The second-order valence-electron chi connectivity index (χ2n) is 4.70. The summed E-state index contributed by atoms with van der Waals surface area (Å²) in [5.74, 6) is 0.891. The molecule has 94 valence electrons. The summed E-state index contributed by atoms with van der Waals surface area (Å²) in [7, 11) is 0. The summed E-state index contributed by atoms with van der Waals surface area (Å²) < 4.78 is 5.50. The fourth-order valence-electron chi connectivity index (χ4n) is 2.55. The Balaban J connectivity index is 2.03. The Bertz CT molecular complexity index is 182. The van der Waals surface area contributed by atoms with Gasteiger partial charge in [0.25, 0.3) is 0 Å². The third kappa shape index (κ3) is 5.13. The van der Waals surface area contributed by atoms with Crippen molar-refractivity contribution in [3.63, 3.8) is 0 Å². The molecule has 1 N–H and O–H groups in total. The van der Waals surface area contributed by atoms with Gasteiger partial charge in [-0.15, -0.1) is 6.58 Å². The van der Waals surface area contributed by atoms with E-state index in [1.165, 1.54) is 32.1 Å². The molecule has 0 spiro atoms. The van der Waals surface area contributed by atoms with Gasteiger partial charge in [-0.3, -0.25) is 0 Å². The monoisotopic (exact) mass is 225 g/mol. The van der Waals surface area contributed by atoms with Crippen LogP contribution in [0.4, 0.5) is 0 Å². The van der Waals surface area contributed by atoms with Gasteiger partial charge in [0.05, 0.1) is 13.2 Å². The summed E-state index contributed by atoms with van der Waals surface area (Å²) in [6.45, 7) is 8.63. The van der Waals surface area contributed by atoms with Crippen LogP contribution in [0.15, 0.2) is 12.7 Å². The molecule has 1 aliphatic carbocycles. The molecule has 0 saturated heterocycles. The van der Waals surface area contributed by atoms with Crippen molar-refractivity contribution < 1.29 is 4.74 Å². The van der Waals surface area contributed by atoms with Gasteiger partial charge >= 0.3 is 0 Å². The number of ether oxygens (including phenoxy) is 1. The molecule has 2 nitrogen and oxygen atoms in total. The minimum Gasteiger partial charge on any atom is -0.380 e. The second kappa shape index (κ2) is 8.77. The first-order valence-corrected chi connectivity index (χ1v) is 6.80. The van der Waals surface area contributed by atoms with Gasteiger partial charge in [0.2, 0.25) is 0 Å². The highest BCUT2D eigenvalue weighted by Gasteiger charge is 2.22. The van der Waals surface area contributed by atoms with Gasteiger partial charge in [0.15, 0.2) is 0 Å². The molecular weight excluding hydrogens is 198 g/mol. The van der Waals surface area contributed by atoms with E-state index in [1.54, 1.807) is 0 Å². The minimum absolute atomic E-state index is 0.738. The molecule has 0 aromatic rings. The van der Waals surface area contributed by atoms with E-state index in [-0.39, 0.29) is 0 Å². The molecule has 0 bridgehead atoms. The van der Waals surface area contributed by atoms with E-state index in [9.17, 15) is 0 Å². The minimum atomic E-state index is 0.738.